The van der Waals surface area contributed by atoms with Crippen LogP contribution >= 0.6 is 11.3 Å². The van der Waals surface area contributed by atoms with Gasteiger partial charge in [0.15, 0.2) is 0 Å². The largest absolute Gasteiger partial charge is 0.337 e. The van der Waals surface area contributed by atoms with Gasteiger partial charge in [0.05, 0.1) is 11.6 Å². The van der Waals surface area contributed by atoms with Crippen LogP contribution in [-0.4, -0.2) is 22.8 Å². The van der Waals surface area contributed by atoms with E-state index in [0.717, 1.165) is 28.5 Å². The van der Waals surface area contributed by atoms with Crippen molar-refractivity contribution in [1.82, 2.24) is 15.2 Å². The molecule has 104 valence electrons. The van der Waals surface area contributed by atoms with Gasteiger partial charge in [-0.05, 0) is 30.2 Å². The van der Waals surface area contributed by atoms with E-state index in [4.69, 9.17) is 0 Å². The Bertz CT molecular complexity index is 650. The lowest BCUT2D eigenvalue weighted by molar-refractivity contribution is 0.0786. The molecule has 2 aromatic rings. The quantitative estimate of drug-likeness (QED) is 0.942. The topological polar surface area (TPSA) is 45.2 Å². The van der Waals surface area contributed by atoms with Crippen molar-refractivity contribution in [3.8, 4) is 0 Å². The Kier molecular flexibility index (Phi) is 3.54. The Hall–Kier alpha value is -1.72. The van der Waals surface area contributed by atoms with Crippen LogP contribution in [0.2, 0.25) is 0 Å². The Morgan fingerprint density at radius 1 is 1.40 bits per heavy atom. The van der Waals surface area contributed by atoms with E-state index in [-0.39, 0.29) is 5.91 Å². The van der Waals surface area contributed by atoms with E-state index in [1.54, 1.807) is 16.2 Å². The molecule has 0 radical (unpaired) electrons. The Morgan fingerprint density at radius 2 is 2.20 bits per heavy atom. The molecule has 0 bridgehead atoms. The second kappa shape index (κ2) is 5.34. The molecule has 0 aliphatic carbocycles. The first-order chi connectivity index (χ1) is 9.63. The molecular weight excluding hydrogens is 270 g/mol. The highest BCUT2D eigenvalue weighted by atomic mass is 32.1. The van der Waals surface area contributed by atoms with E-state index >= 15 is 0 Å². The number of rotatable bonds is 3. The van der Waals surface area contributed by atoms with Crippen molar-refractivity contribution in [2.75, 3.05) is 7.05 Å². The van der Waals surface area contributed by atoms with Gasteiger partial charge < -0.3 is 10.2 Å². The van der Waals surface area contributed by atoms with Gasteiger partial charge in [-0.1, -0.05) is 6.07 Å². The van der Waals surface area contributed by atoms with Crippen molar-refractivity contribution in [3.05, 3.63) is 51.0 Å². The molecule has 1 aromatic carbocycles. The molecule has 0 saturated heterocycles. The molecule has 20 heavy (non-hydrogen) atoms. The summed E-state index contributed by atoms with van der Waals surface area (Å²) < 4.78 is 0. The number of hydrogen-bond acceptors (Lipinski definition) is 4. The number of benzene rings is 1. The highest BCUT2D eigenvalue weighted by Crippen LogP contribution is 2.19. The summed E-state index contributed by atoms with van der Waals surface area (Å²) in [5.41, 5.74) is 3.29. The SMILES string of the molecule is Cc1ncc(CN(C)C(=O)c2ccc3c(c2)CNC3)s1. The zero-order valence-electron chi connectivity index (χ0n) is 11.6. The summed E-state index contributed by atoms with van der Waals surface area (Å²) in [6.45, 7) is 4.34. The number of hydrogen-bond donors (Lipinski definition) is 1. The van der Waals surface area contributed by atoms with Crippen LogP contribution in [-0.2, 0) is 19.6 Å². The Morgan fingerprint density at radius 3 is 2.95 bits per heavy atom. The number of nitrogens with one attached hydrogen (secondary N) is 1. The van der Waals surface area contributed by atoms with Crippen LogP contribution in [0.3, 0.4) is 0 Å². The summed E-state index contributed by atoms with van der Waals surface area (Å²) in [6, 6.07) is 5.97. The average molecular weight is 287 g/mol. The predicted molar refractivity (Wildman–Crippen MR) is 79.6 cm³/mol. The maximum atomic E-state index is 12.4. The van der Waals surface area contributed by atoms with Crippen molar-refractivity contribution in [2.24, 2.45) is 0 Å². The molecule has 1 aromatic heterocycles. The number of carbonyl (C=O) groups excluding carboxylic acids is 1. The van der Waals surface area contributed by atoms with Gasteiger partial charge in [-0.25, -0.2) is 4.98 Å². The fourth-order valence-electron chi connectivity index (χ4n) is 2.43. The van der Waals surface area contributed by atoms with Gasteiger partial charge >= 0.3 is 0 Å². The first kappa shape index (κ1) is 13.3. The van der Waals surface area contributed by atoms with Crippen molar-refractivity contribution in [3.63, 3.8) is 0 Å². The predicted octanol–water partition coefficient (Wildman–Crippen LogP) is 2.33. The van der Waals surface area contributed by atoms with E-state index in [2.05, 4.69) is 10.3 Å². The van der Waals surface area contributed by atoms with E-state index in [0.29, 0.717) is 6.54 Å². The maximum absolute atomic E-state index is 12.4. The van der Waals surface area contributed by atoms with Gasteiger partial charge in [0.2, 0.25) is 0 Å². The average Bonchev–Trinajstić information content (AvgIpc) is 3.05. The highest BCUT2D eigenvalue weighted by Gasteiger charge is 2.16. The second-order valence-electron chi connectivity index (χ2n) is 5.09. The smallest absolute Gasteiger partial charge is 0.253 e. The molecule has 1 aliphatic rings. The number of fused-ring (bicyclic) bond motifs is 1. The van der Waals surface area contributed by atoms with Crippen LogP contribution in [0.15, 0.2) is 24.4 Å². The van der Waals surface area contributed by atoms with Gasteiger partial charge in [0, 0.05) is 36.8 Å². The van der Waals surface area contributed by atoms with Crippen molar-refractivity contribution < 1.29 is 4.79 Å². The molecule has 0 fully saturated rings. The Labute approximate surface area is 122 Å². The van der Waals surface area contributed by atoms with E-state index in [9.17, 15) is 4.79 Å². The van der Waals surface area contributed by atoms with Crippen LogP contribution in [0, 0.1) is 6.92 Å². The molecule has 4 nitrogen and oxygen atoms in total. The number of aromatic nitrogens is 1. The monoisotopic (exact) mass is 287 g/mol. The zero-order chi connectivity index (χ0) is 14.1. The first-order valence-corrected chi connectivity index (χ1v) is 7.44. The number of aryl methyl sites for hydroxylation is 1. The van der Waals surface area contributed by atoms with Crippen LogP contribution in [0.25, 0.3) is 0 Å². The molecule has 5 heteroatoms. The summed E-state index contributed by atoms with van der Waals surface area (Å²) in [6.07, 6.45) is 1.84. The fourth-order valence-corrected chi connectivity index (χ4v) is 3.28. The fraction of sp³-hybridized carbons (Fsp3) is 0.333. The molecule has 0 spiro atoms. The zero-order valence-corrected chi connectivity index (χ0v) is 12.5. The molecule has 0 unspecified atom stereocenters. The van der Waals surface area contributed by atoms with E-state index in [1.165, 1.54) is 11.1 Å². The molecule has 1 aliphatic heterocycles. The number of amides is 1. The van der Waals surface area contributed by atoms with Crippen LogP contribution in [0.5, 0.6) is 0 Å². The van der Waals surface area contributed by atoms with Gasteiger partial charge in [-0.2, -0.15) is 0 Å². The van der Waals surface area contributed by atoms with Crippen molar-refractivity contribution >= 4 is 17.2 Å². The van der Waals surface area contributed by atoms with Crippen molar-refractivity contribution in [1.29, 1.82) is 0 Å². The summed E-state index contributed by atoms with van der Waals surface area (Å²) in [5, 5.41) is 4.33. The molecule has 0 atom stereocenters. The lowest BCUT2D eigenvalue weighted by atomic mass is 10.1. The number of thiazole rings is 1. The van der Waals surface area contributed by atoms with Crippen LogP contribution in [0.1, 0.15) is 31.4 Å². The van der Waals surface area contributed by atoms with Crippen molar-refractivity contribution in [2.45, 2.75) is 26.6 Å². The highest BCUT2D eigenvalue weighted by molar-refractivity contribution is 7.11. The molecule has 2 heterocycles. The number of carbonyl (C=O) groups is 1. The van der Waals surface area contributed by atoms with E-state index in [1.807, 2.05) is 38.4 Å². The third-order valence-corrected chi connectivity index (χ3v) is 4.39. The first-order valence-electron chi connectivity index (χ1n) is 6.63. The van der Waals surface area contributed by atoms with Gasteiger partial charge in [-0.3, -0.25) is 4.79 Å². The van der Waals surface area contributed by atoms with Crippen LogP contribution in [0.4, 0.5) is 0 Å². The second-order valence-corrected chi connectivity index (χ2v) is 6.41. The van der Waals surface area contributed by atoms with Crippen LogP contribution < -0.4 is 5.32 Å². The summed E-state index contributed by atoms with van der Waals surface area (Å²) in [4.78, 5) is 19.5. The normalized spacial score (nSPS) is 13.3. The van der Waals surface area contributed by atoms with Gasteiger partial charge in [0.25, 0.3) is 5.91 Å². The number of nitrogens with zero attached hydrogens (tertiary/aromatic N) is 2. The molecule has 0 saturated carbocycles. The summed E-state index contributed by atoms with van der Waals surface area (Å²) in [5.74, 6) is 0.0609. The third-order valence-electron chi connectivity index (χ3n) is 3.49. The lowest BCUT2D eigenvalue weighted by Crippen LogP contribution is -2.25. The minimum atomic E-state index is 0.0609. The molecule has 3 rings (SSSR count). The lowest BCUT2D eigenvalue weighted by Gasteiger charge is -2.16. The molecule has 1 N–H and O–H groups in total. The Balaban J connectivity index is 1.74. The summed E-state index contributed by atoms with van der Waals surface area (Å²) in [7, 11) is 1.84. The standard InChI is InChI=1S/C15H17N3OS/c1-10-17-8-14(20-10)9-18(2)15(19)11-3-4-12-6-16-7-13(12)5-11/h3-5,8,16H,6-7,9H2,1-2H3. The van der Waals surface area contributed by atoms with Gasteiger partial charge in [0.1, 0.15) is 0 Å². The minimum absolute atomic E-state index is 0.0609. The maximum Gasteiger partial charge on any atom is 0.253 e. The minimum Gasteiger partial charge on any atom is -0.337 e. The summed E-state index contributed by atoms with van der Waals surface area (Å²) >= 11 is 1.63. The third kappa shape index (κ3) is 2.59. The molecule has 1 amide bonds. The van der Waals surface area contributed by atoms with Gasteiger partial charge in [-0.15, -0.1) is 11.3 Å². The molecular formula is C15H17N3OS. The van der Waals surface area contributed by atoms with E-state index < -0.39 is 0 Å².